The van der Waals surface area contributed by atoms with Crippen LogP contribution >= 0.6 is 0 Å². The van der Waals surface area contributed by atoms with Gasteiger partial charge in [0.05, 0.1) is 0 Å². The molecule has 0 atom stereocenters. The van der Waals surface area contributed by atoms with Gasteiger partial charge in [-0.1, -0.05) is 84.9 Å². The molecule has 4 bridgehead atoms. The van der Waals surface area contributed by atoms with Gasteiger partial charge in [-0.2, -0.15) is 0 Å². The molecule has 4 saturated carbocycles. The molecule has 0 heterocycles. The first-order valence-corrected chi connectivity index (χ1v) is 14.3. The first-order chi connectivity index (χ1) is 18.1. The van der Waals surface area contributed by atoms with Crippen molar-refractivity contribution in [2.75, 3.05) is 0 Å². The summed E-state index contributed by atoms with van der Waals surface area (Å²) in [5.74, 6) is 2.96. The molecule has 0 N–H and O–H groups in total. The van der Waals surface area contributed by atoms with Crippen molar-refractivity contribution in [1.29, 1.82) is 0 Å². The predicted octanol–water partition coefficient (Wildman–Crippen LogP) is 10.1. The van der Waals surface area contributed by atoms with E-state index >= 15 is 0 Å². The van der Waals surface area contributed by atoms with E-state index < -0.39 is 0 Å². The highest BCUT2D eigenvalue weighted by molar-refractivity contribution is 6.13. The zero-order valence-corrected chi connectivity index (χ0v) is 21.7. The van der Waals surface area contributed by atoms with E-state index in [1.54, 1.807) is 5.56 Å². The van der Waals surface area contributed by atoms with Crippen LogP contribution in [-0.2, 0) is 5.41 Å². The summed E-state index contributed by atoms with van der Waals surface area (Å²) in [5.41, 5.74) is 8.69. The third-order valence-corrected chi connectivity index (χ3v) is 10.0. The standard InChI is InChI=1S/C37H34/c1-24-14-30(28-10-12-32(13-11-28)37-21-25-16-26(22-37)18-27(17-25)23-37)19-31(15-24)36-20-29-6-2-3-7-33(29)34-8-4-5-9-35(34)36/h2-15,19-20,25-27H,16-18,21-23H2,1H3. The highest BCUT2D eigenvalue weighted by Gasteiger charge is 2.51. The van der Waals surface area contributed by atoms with Crippen molar-refractivity contribution in [2.24, 2.45) is 17.8 Å². The van der Waals surface area contributed by atoms with E-state index in [9.17, 15) is 0 Å². The second-order valence-electron chi connectivity index (χ2n) is 12.6. The monoisotopic (exact) mass is 478 g/mol. The van der Waals surface area contributed by atoms with Crippen molar-refractivity contribution in [3.05, 3.63) is 108 Å². The van der Waals surface area contributed by atoms with E-state index in [1.807, 2.05) is 0 Å². The fourth-order valence-electron chi connectivity index (χ4n) is 8.88. The third-order valence-electron chi connectivity index (χ3n) is 10.0. The van der Waals surface area contributed by atoms with Crippen LogP contribution < -0.4 is 0 Å². The molecule has 5 aromatic rings. The predicted molar refractivity (Wildman–Crippen MR) is 157 cm³/mol. The molecule has 4 aliphatic rings. The van der Waals surface area contributed by atoms with Crippen LogP contribution in [0, 0.1) is 24.7 Å². The summed E-state index contributed by atoms with van der Waals surface area (Å²) >= 11 is 0. The summed E-state index contributed by atoms with van der Waals surface area (Å²) in [6.45, 7) is 2.24. The molecule has 37 heavy (non-hydrogen) atoms. The molecule has 4 fully saturated rings. The topological polar surface area (TPSA) is 0 Å². The van der Waals surface area contributed by atoms with Gasteiger partial charge in [0.15, 0.2) is 0 Å². The number of aryl methyl sites for hydroxylation is 1. The van der Waals surface area contributed by atoms with E-state index in [2.05, 4.69) is 104 Å². The number of rotatable bonds is 3. The first kappa shape index (κ1) is 21.7. The molecule has 5 aromatic carbocycles. The minimum Gasteiger partial charge on any atom is -0.0616 e. The Bertz CT molecular complexity index is 1620. The zero-order chi connectivity index (χ0) is 24.6. The third kappa shape index (κ3) is 3.49. The van der Waals surface area contributed by atoms with Crippen molar-refractivity contribution in [3.63, 3.8) is 0 Å². The van der Waals surface area contributed by atoms with Crippen LogP contribution in [0.1, 0.15) is 49.7 Å². The fraction of sp³-hybridized carbons (Fsp3) is 0.297. The van der Waals surface area contributed by atoms with Crippen LogP contribution in [0.5, 0.6) is 0 Å². The summed E-state index contributed by atoms with van der Waals surface area (Å²) in [5, 5.41) is 5.29. The number of benzene rings is 5. The molecule has 182 valence electrons. The van der Waals surface area contributed by atoms with Gasteiger partial charge in [-0.25, -0.2) is 0 Å². The molecule has 0 amide bonds. The Morgan fingerprint density at radius 3 is 1.84 bits per heavy atom. The van der Waals surface area contributed by atoms with Crippen molar-refractivity contribution >= 4 is 21.5 Å². The number of hydrogen-bond donors (Lipinski definition) is 0. The number of fused-ring (bicyclic) bond motifs is 3. The van der Waals surface area contributed by atoms with Crippen LogP contribution in [0.4, 0.5) is 0 Å². The summed E-state index contributed by atoms with van der Waals surface area (Å²) in [7, 11) is 0. The SMILES string of the molecule is Cc1cc(-c2ccc(C34CC5CC(CC(C5)C3)C4)cc2)cc(-c2cc3ccccc3c3ccccc23)c1. The Labute approximate surface area is 220 Å². The average Bonchev–Trinajstić information content (AvgIpc) is 2.92. The molecule has 0 unspecified atom stereocenters. The maximum absolute atomic E-state index is 2.48. The molecule has 0 aromatic heterocycles. The van der Waals surface area contributed by atoms with E-state index in [1.165, 1.54) is 87.9 Å². The van der Waals surface area contributed by atoms with Gasteiger partial charge < -0.3 is 0 Å². The van der Waals surface area contributed by atoms with E-state index in [0.29, 0.717) is 5.41 Å². The molecular weight excluding hydrogens is 444 g/mol. The minimum absolute atomic E-state index is 0.467. The maximum atomic E-state index is 2.48. The van der Waals surface area contributed by atoms with Crippen molar-refractivity contribution < 1.29 is 0 Å². The lowest BCUT2D eigenvalue weighted by molar-refractivity contribution is -0.00518. The summed E-state index contributed by atoms with van der Waals surface area (Å²) in [6.07, 6.45) is 8.82. The quantitative estimate of drug-likeness (QED) is 0.226. The van der Waals surface area contributed by atoms with Gasteiger partial charge in [-0.05, 0) is 136 Å². The maximum Gasteiger partial charge on any atom is -0.00391 e. The van der Waals surface area contributed by atoms with Gasteiger partial charge in [0.2, 0.25) is 0 Å². The lowest BCUT2D eigenvalue weighted by Gasteiger charge is -2.57. The minimum atomic E-state index is 0.467. The summed E-state index contributed by atoms with van der Waals surface area (Å²) in [6, 6.07) is 36.9. The summed E-state index contributed by atoms with van der Waals surface area (Å²) in [4.78, 5) is 0. The second kappa shape index (κ2) is 8.06. The van der Waals surface area contributed by atoms with Crippen LogP contribution in [0.25, 0.3) is 43.8 Å². The molecule has 0 aliphatic heterocycles. The lowest BCUT2D eigenvalue weighted by Crippen LogP contribution is -2.48. The van der Waals surface area contributed by atoms with Gasteiger partial charge in [-0.15, -0.1) is 0 Å². The van der Waals surface area contributed by atoms with E-state index in [0.717, 1.165) is 17.8 Å². The molecule has 0 spiro atoms. The summed E-state index contributed by atoms with van der Waals surface area (Å²) < 4.78 is 0. The van der Waals surface area contributed by atoms with Gasteiger partial charge in [0.1, 0.15) is 0 Å². The first-order valence-electron chi connectivity index (χ1n) is 14.3. The molecule has 9 rings (SSSR count). The Hall–Kier alpha value is -3.38. The van der Waals surface area contributed by atoms with Crippen LogP contribution in [-0.4, -0.2) is 0 Å². The van der Waals surface area contributed by atoms with Gasteiger partial charge in [-0.3, -0.25) is 0 Å². The Kier molecular flexibility index (Phi) is 4.72. The lowest BCUT2D eigenvalue weighted by atomic mass is 9.48. The van der Waals surface area contributed by atoms with Crippen molar-refractivity contribution in [1.82, 2.24) is 0 Å². The molecule has 0 nitrogen and oxygen atoms in total. The van der Waals surface area contributed by atoms with Gasteiger partial charge in [0.25, 0.3) is 0 Å². The Morgan fingerprint density at radius 1 is 0.541 bits per heavy atom. The fourth-order valence-corrected chi connectivity index (χ4v) is 8.88. The van der Waals surface area contributed by atoms with Crippen LogP contribution in [0.2, 0.25) is 0 Å². The second-order valence-corrected chi connectivity index (χ2v) is 12.6. The Morgan fingerprint density at radius 2 is 1.14 bits per heavy atom. The van der Waals surface area contributed by atoms with Gasteiger partial charge in [0, 0.05) is 0 Å². The van der Waals surface area contributed by atoms with Crippen molar-refractivity contribution in [2.45, 2.75) is 50.9 Å². The molecular formula is C37H34. The molecule has 0 heteroatoms. The van der Waals surface area contributed by atoms with E-state index in [-0.39, 0.29) is 0 Å². The van der Waals surface area contributed by atoms with E-state index in [4.69, 9.17) is 0 Å². The van der Waals surface area contributed by atoms with Crippen LogP contribution in [0.3, 0.4) is 0 Å². The smallest absolute Gasteiger partial charge is 0.00391 e. The van der Waals surface area contributed by atoms with Crippen molar-refractivity contribution in [3.8, 4) is 22.3 Å². The zero-order valence-electron chi connectivity index (χ0n) is 21.7. The highest BCUT2D eigenvalue weighted by atomic mass is 14.6. The normalized spacial score (nSPS) is 26.2. The van der Waals surface area contributed by atoms with Gasteiger partial charge >= 0.3 is 0 Å². The molecule has 4 aliphatic carbocycles. The van der Waals surface area contributed by atoms with Crippen LogP contribution in [0.15, 0.2) is 97.1 Å². The highest BCUT2D eigenvalue weighted by Crippen LogP contribution is 2.60. The number of hydrogen-bond acceptors (Lipinski definition) is 0. The largest absolute Gasteiger partial charge is 0.0616 e. The molecule has 0 radical (unpaired) electrons. The molecule has 0 saturated heterocycles. The Balaban J connectivity index is 1.21. The average molecular weight is 479 g/mol.